The van der Waals surface area contributed by atoms with Crippen LogP contribution in [0.15, 0.2) is 156 Å². The van der Waals surface area contributed by atoms with E-state index < -0.39 is 0 Å². The van der Waals surface area contributed by atoms with Crippen LogP contribution in [0.25, 0.3) is 34.4 Å². The molecule has 8 rings (SSSR count). The largest absolute Gasteiger partial charge is 0.248 e. The predicted molar refractivity (Wildman–Crippen MR) is 188 cm³/mol. The molecule has 0 aliphatic heterocycles. The Morgan fingerprint density at radius 1 is 0.689 bits per heavy atom. The van der Waals surface area contributed by atoms with Crippen molar-refractivity contribution in [2.45, 2.75) is 31.6 Å². The lowest BCUT2D eigenvalue weighted by Gasteiger charge is -2.31. The predicted octanol–water partition coefficient (Wildman–Crippen LogP) is 9.04. The van der Waals surface area contributed by atoms with Crippen molar-refractivity contribution in [3.05, 3.63) is 189 Å². The first kappa shape index (κ1) is 27.3. The maximum absolute atomic E-state index is 5.17. The molecule has 1 heterocycles. The van der Waals surface area contributed by atoms with Crippen LogP contribution in [0.3, 0.4) is 0 Å². The van der Waals surface area contributed by atoms with Gasteiger partial charge < -0.3 is 0 Å². The van der Waals surface area contributed by atoms with E-state index in [1.807, 2.05) is 6.08 Å². The smallest absolute Gasteiger partial charge is 0.0678 e. The fourth-order valence-corrected chi connectivity index (χ4v) is 7.16. The lowest BCUT2D eigenvalue weighted by molar-refractivity contribution is 0.693. The van der Waals surface area contributed by atoms with Gasteiger partial charge in [-0.2, -0.15) is 0 Å². The zero-order chi connectivity index (χ0) is 30.2. The maximum Gasteiger partial charge on any atom is 0.0678 e. The molecule has 0 saturated heterocycles. The van der Waals surface area contributed by atoms with Crippen molar-refractivity contribution >= 4 is 23.3 Å². The highest BCUT2D eigenvalue weighted by molar-refractivity contribution is 5.78. The Bertz CT molecular complexity index is 2160. The van der Waals surface area contributed by atoms with Crippen LogP contribution >= 0.6 is 0 Å². The molecule has 2 atom stereocenters. The number of benzene rings is 3. The Morgan fingerprint density at radius 2 is 1.47 bits per heavy atom. The molecule has 0 N–H and O–H groups in total. The molecule has 3 aromatic carbocycles. The van der Waals surface area contributed by atoms with Crippen molar-refractivity contribution < 1.29 is 0 Å². The van der Waals surface area contributed by atoms with Crippen molar-refractivity contribution in [1.29, 1.82) is 0 Å². The van der Waals surface area contributed by atoms with Gasteiger partial charge in [0.05, 0.1) is 11.4 Å². The lowest BCUT2D eigenvalue weighted by Crippen LogP contribution is -2.30. The molecule has 0 fully saturated rings. The van der Waals surface area contributed by atoms with Crippen LogP contribution < -0.4 is 10.4 Å². The minimum absolute atomic E-state index is 0.266. The highest BCUT2D eigenvalue weighted by Gasteiger charge is 2.33. The first-order valence-corrected chi connectivity index (χ1v) is 16.0. The number of pyridine rings is 1. The second-order valence-electron chi connectivity index (χ2n) is 12.5. The van der Waals surface area contributed by atoms with Crippen LogP contribution in [-0.2, 0) is 5.41 Å². The SMILES string of the molecule is CC(C1=C=CC=C1)(c1ccccc1)c1ccc2c(c1)=CC(C1=CC=C(c3cc(-c4ccccc4)cc(C4=CC=CC4)n3)CC1)C=2. The summed E-state index contributed by atoms with van der Waals surface area (Å²) in [4.78, 5) is 5.17. The number of nitrogens with zero attached hydrogens (tertiary/aromatic N) is 1. The number of hydrogen-bond donors (Lipinski definition) is 0. The van der Waals surface area contributed by atoms with Crippen LogP contribution in [-0.4, -0.2) is 4.98 Å². The van der Waals surface area contributed by atoms with Crippen molar-refractivity contribution in [3.63, 3.8) is 0 Å². The summed E-state index contributed by atoms with van der Waals surface area (Å²) in [7, 11) is 0. The molecule has 4 aliphatic rings. The monoisotopic (exact) mass is 577 g/mol. The Labute approximate surface area is 265 Å². The molecule has 0 radical (unpaired) electrons. The minimum atomic E-state index is -0.266. The third-order valence-electron chi connectivity index (χ3n) is 9.84. The maximum atomic E-state index is 5.17. The normalized spacial score (nSPS) is 19.2. The topological polar surface area (TPSA) is 12.9 Å². The summed E-state index contributed by atoms with van der Waals surface area (Å²) in [6.45, 7) is 2.33. The summed E-state index contributed by atoms with van der Waals surface area (Å²) in [5.41, 5.74) is 15.7. The molecule has 2 unspecified atom stereocenters. The summed E-state index contributed by atoms with van der Waals surface area (Å²) in [5, 5.41) is 2.64. The van der Waals surface area contributed by atoms with Gasteiger partial charge in [-0.1, -0.05) is 133 Å². The summed E-state index contributed by atoms with van der Waals surface area (Å²) in [6.07, 6.45) is 25.4. The third kappa shape index (κ3) is 5.06. The summed E-state index contributed by atoms with van der Waals surface area (Å²) < 4.78 is 0. The van der Waals surface area contributed by atoms with E-state index in [0.29, 0.717) is 5.92 Å². The van der Waals surface area contributed by atoms with E-state index in [4.69, 9.17) is 4.98 Å². The average molecular weight is 578 g/mol. The standard InChI is InChI=1S/C44H35N/c1-44(40-18-10-11-19-40,39-16-6-3-7-17-39)41-25-24-35-26-36(27-37(35)28-41)32-20-22-34(23-21-32)43-30-38(31-12-4-2-5-13-31)29-42(45-43)33-14-8-9-15-33/h2-14,16-18,20,22,24-30,36H,15,21,23H2,1H3. The molecule has 1 aromatic heterocycles. The zero-order valence-corrected chi connectivity index (χ0v) is 25.6. The van der Waals surface area contributed by atoms with Crippen molar-refractivity contribution in [1.82, 2.24) is 4.98 Å². The van der Waals surface area contributed by atoms with Crippen LogP contribution in [0.4, 0.5) is 0 Å². The van der Waals surface area contributed by atoms with E-state index in [1.165, 1.54) is 55.0 Å². The quantitative estimate of drug-likeness (QED) is 0.200. The average Bonchev–Trinajstić information content (AvgIpc) is 3.91. The van der Waals surface area contributed by atoms with Gasteiger partial charge in [0, 0.05) is 16.9 Å². The van der Waals surface area contributed by atoms with E-state index in [1.54, 1.807) is 0 Å². The van der Waals surface area contributed by atoms with Gasteiger partial charge in [0.15, 0.2) is 0 Å². The summed E-state index contributed by atoms with van der Waals surface area (Å²) in [6, 6.07) is 33.0. The Kier molecular flexibility index (Phi) is 6.90. The number of aromatic nitrogens is 1. The fourth-order valence-electron chi connectivity index (χ4n) is 7.16. The van der Waals surface area contributed by atoms with Gasteiger partial charge in [0.2, 0.25) is 0 Å². The summed E-state index contributed by atoms with van der Waals surface area (Å²) >= 11 is 0. The van der Waals surface area contributed by atoms with Gasteiger partial charge in [-0.3, -0.25) is 0 Å². The Hall–Kier alpha value is -5.23. The van der Waals surface area contributed by atoms with Gasteiger partial charge in [0.1, 0.15) is 0 Å². The molecular weight excluding hydrogens is 542 g/mol. The van der Waals surface area contributed by atoms with Gasteiger partial charge >= 0.3 is 0 Å². The molecule has 0 saturated carbocycles. The lowest BCUT2D eigenvalue weighted by atomic mass is 9.71. The highest BCUT2D eigenvalue weighted by Crippen LogP contribution is 2.40. The number of hydrogen-bond acceptors (Lipinski definition) is 1. The van der Waals surface area contributed by atoms with Crippen molar-refractivity contribution in [3.8, 4) is 11.1 Å². The van der Waals surface area contributed by atoms with E-state index in [2.05, 4.69) is 158 Å². The molecule has 1 nitrogen and oxygen atoms in total. The minimum Gasteiger partial charge on any atom is -0.248 e. The summed E-state index contributed by atoms with van der Waals surface area (Å²) in [5.74, 6) is 0.315. The van der Waals surface area contributed by atoms with Crippen molar-refractivity contribution in [2.75, 3.05) is 0 Å². The molecular formula is C44H35N. The second-order valence-corrected chi connectivity index (χ2v) is 12.5. The first-order valence-electron chi connectivity index (χ1n) is 16.0. The fraction of sp³-hybridized carbons (Fsp3) is 0.136. The van der Waals surface area contributed by atoms with E-state index in [-0.39, 0.29) is 5.41 Å². The van der Waals surface area contributed by atoms with E-state index in [9.17, 15) is 0 Å². The van der Waals surface area contributed by atoms with Gasteiger partial charge in [0.25, 0.3) is 0 Å². The molecule has 45 heavy (non-hydrogen) atoms. The Morgan fingerprint density at radius 3 is 2.18 bits per heavy atom. The van der Waals surface area contributed by atoms with Gasteiger partial charge in [-0.25, -0.2) is 4.98 Å². The molecule has 216 valence electrons. The van der Waals surface area contributed by atoms with Crippen LogP contribution in [0, 0.1) is 5.92 Å². The van der Waals surface area contributed by atoms with Crippen LogP contribution in [0.1, 0.15) is 48.7 Å². The number of rotatable bonds is 7. The molecule has 4 aromatic rings. The molecule has 0 bridgehead atoms. The van der Waals surface area contributed by atoms with Gasteiger partial charge in [-0.15, -0.1) is 5.73 Å². The third-order valence-corrected chi connectivity index (χ3v) is 9.84. The molecule has 0 spiro atoms. The highest BCUT2D eigenvalue weighted by atomic mass is 14.7. The van der Waals surface area contributed by atoms with Gasteiger partial charge in [-0.05, 0) is 94.3 Å². The Balaban J connectivity index is 1.12. The number of fused-ring (bicyclic) bond motifs is 1. The van der Waals surface area contributed by atoms with Crippen molar-refractivity contribution in [2.24, 2.45) is 5.92 Å². The zero-order valence-electron chi connectivity index (χ0n) is 25.6. The molecule has 0 amide bonds. The van der Waals surface area contributed by atoms with E-state index in [0.717, 1.165) is 30.7 Å². The molecule has 4 aliphatic carbocycles. The second kappa shape index (κ2) is 11.4. The van der Waals surface area contributed by atoms with E-state index >= 15 is 0 Å². The first-order chi connectivity index (χ1) is 22.1. The van der Waals surface area contributed by atoms with Crippen LogP contribution in [0.5, 0.6) is 0 Å². The molecule has 1 heteroatoms. The number of allylic oxidation sites excluding steroid dienone is 11. The van der Waals surface area contributed by atoms with Crippen LogP contribution in [0.2, 0.25) is 0 Å².